The molecule has 1 aromatic carbocycles. The first-order valence-corrected chi connectivity index (χ1v) is 11.3. The Morgan fingerprint density at radius 1 is 1.19 bits per heavy atom. The van der Waals surface area contributed by atoms with Crippen molar-refractivity contribution in [2.75, 3.05) is 26.2 Å². The Morgan fingerprint density at radius 2 is 1.77 bits per heavy atom. The van der Waals surface area contributed by atoms with E-state index in [1.54, 1.807) is 0 Å². The van der Waals surface area contributed by atoms with Crippen molar-refractivity contribution in [3.05, 3.63) is 28.8 Å². The van der Waals surface area contributed by atoms with Crippen LogP contribution in [0.5, 0.6) is 0 Å². The number of primary amides is 1. The summed E-state index contributed by atoms with van der Waals surface area (Å²) in [6.45, 7) is 3.56. The van der Waals surface area contributed by atoms with Gasteiger partial charge in [-0.05, 0) is 30.5 Å². The van der Waals surface area contributed by atoms with Gasteiger partial charge in [0.15, 0.2) is 0 Å². The Labute approximate surface area is 183 Å². The second kappa shape index (κ2) is 9.61. The maximum absolute atomic E-state index is 13.1. The van der Waals surface area contributed by atoms with E-state index in [1.165, 1.54) is 4.90 Å². The van der Waals surface area contributed by atoms with E-state index in [2.05, 4.69) is 5.32 Å². The molecule has 1 aliphatic heterocycles. The molecular formula is C18H24ClF3N4O4S. The fraction of sp³-hybridized carbons (Fsp3) is 0.556. The van der Waals surface area contributed by atoms with Crippen LogP contribution in [0.1, 0.15) is 25.8 Å². The maximum atomic E-state index is 13.1. The Bertz CT molecular complexity index is 932. The Balaban J connectivity index is 2.14. The Morgan fingerprint density at radius 3 is 2.26 bits per heavy atom. The van der Waals surface area contributed by atoms with Crippen molar-refractivity contribution in [2.24, 2.45) is 11.7 Å². The van der Waals surface area contributed by atoms with E-state index in [0.29, 0.717) is 12.5 Å². The van der Waals surface area contributed by atoms with E-state index < -0.39 is 49.7 Å². The van der Waals surface area contributed by atoms with E-state index in [9.17, 15) is 31.2 Å². The summed E-state index contributed by atoms with van der Waals surface area (Å²) < 4.78 is 65.9. The van der Waals surface area contributed by atoms with Crippen LogP contribution in [0.3, 0.4) is 0 Å². The largest absolute Gasteiger partial charge is 0.417 e. The quantitative estimate of drug-likeness (QED) is 0.644. The lowest BCUT2D eigenvalue weighted by molar-refractivity contribution is -0.137. The number of carbonyl (C=O) groups excluding carboxylic acids is 2. The van der Waals surface area contributed by atoms with Crippen LogP contribution >= 0.6 is 11.6 Å². The molecule has 0 bridgehead atoms. The molecule has 1 unspecified atom stereocenters. The number of nitrogens with zero attached hydrogens (tertiary/aromatic N) is 2. The van der Waals surface area contributed by atoms with Gasteiger partial charge in [0.05, 0.1) is 15.5 Å². The summed E-state index contributed by atoms with van der Waals surface area (Å²) in [5.41, 5.74) is 3.90. The number of benzene rings is 1. The molecule has 1 saturated heterocycles. The van der Waals surface area contributed by atoms with Crippen molar-refractivity contribution >= 4 is 33.6 Å². The third kappa shape index (κ3) is 6.23. The molecule has 0 aromatic heterocycles. The smallest absolute Gasteiger partial charge is 0.352 e. The highest BCUT2D eigenvalue weighted by atomic mass is 35.5. The van der Waals surface area contributed by atoms with Crippen LogP contribution in [-0.4, -0.2) is 61.8 Å². The zero-order valence-electron chi connectivity index (χ0n) is 16.9. The van der Waals surface area contributed by atoms with Gasteiger partial charge in [0, 0.05) is 26.2 Å². The fourth-order valence-corrected chi connectivity index (χ4v) is 4.94. The normalized spacial score (nSPS) is 16.9. The average molecular weight is 485 g/mol. The molecule has 1 aromatic rings. The van der Waals surface area contributed by atoms with Crippen LogP contribution in [0, 0.1) is 5.92 Å². The molecule has 3 N–H and O–H groups in total. The van der Waals surface area contributed by atoms with Crippen molar-refractivity contribution in [3.8, 4) is 0 Å². The van der Waals surface area contributed by atoms with Crippen molar-refractivity contribution in [1.82, 2.24) is 14.5 Å². The monoisotopic (exact) mass is 484 g/mol. The summed E-state index contributed by atoms with van der Waals surface area (Å²) in [4.78, 5) is 24.8. The zero-order valence-corrected chi connectivity index (χ0v) is 18.5. The molecule has 1 fully saturated rings. The number of sulfonamides is 1. The minimum absolute atomic E-state index is 0.0207. The molecule has 13 heteroatoms. The summed E-state index contributed by atoms with van der Waals surface area (Å²) in [6, 6.07) is 0.725. The maximum Gasteiger partial charge on any atom is 0.417 e. The van der Waals surface area contributed by atoms with Gasteiger partial charge in [0.25, 0.3) is 0 Å². The number of hydrogen-bond donors (Lipinski definition) is 2. The summed E-state index contributed by atoms with van der Waals surface area (Å²) in [5.74, 6) is -0.300. The molecule has 1 heterocycles. The van der Waals surface area contributed by atoms with Gasteiger partial charge in [-0.2, -0.15) is 17.5 Å². The lowest BCUT2D eigenvalue weighted by Crippen LogP contribution is -2.56. The number of alkyl halides is 3. The number of carbonyl (C=O) groups is 2. The number of urea groups is 1. The molecule has 1 aliphatic rings. The molecule has 0 spiro atoms. The van der Waals surface area contributed by atoms with Crippen molar-refractivity contribution in [3.63, 3.8) is 0 Å². The molecule has 8 nitrogen and oxygen atoms in total. The highest BCUT2D eigenvalue weighted by Crippen LogP contribution is 2.36. The fourth-order valence-electron chi connectivity index (χ4n) is 3.26. The summed E-state index contributed by atoms with van der Waals surface area (Å²) >= 11 is 5.56. The average Bonchev–Trinajstić information content (AvgIpc) is 2.65. The van der Waals surface area contributed by atoms with Crippen molar-refractivity contribution in [1.29, 1.82) is 0 Å². The van der Waals surface area contributed by atoms with Crippen molar-refractivity contribution in [2.45, 2.75) is 37.4 Å². The first kappa shape index (κ1) is 25.2. The number of hydrogen-bond acceptors (Lipinski definition) is 4. The minimum atomic E-state index is -4.80. The lowest BCUT2D eigenvalue weighted by atomic mass is 10.0. The summed E-state index contributed by atoms with van der Waals surface area (Å²) in [6.07, 6.45) is -4.45. The van der Waals surface area contributed by atoms with Crippen LogP contribution in [0.4, 0.5) is 18.0 Å². The van der Waals surface area contributed by atoms with E-state index >= 15 is 0 Å². The van der Waals surface area contributed by atoms with Gasteiger partial charge < -0.3 is 16.0 Å². The van der Waals surface area contributed by atoms with E-state index in [0.717, 1.165) is 16.4 Å². The zero-order chi connectivity index (χ0) is 23.6. The SMILES string of the molecule is CC(C)CC(NC(N)=O)C(=O)N1CCN(S(=O)(=O)c2ccc(Cl)c(C(F)(F)F)c2)CC1. The van der Waals surface area contributed by atoms with Gasteiger partial charge in [-0.15, -0.1) is 0 Å². The van der Waals surface area contributed by atoms with Gasteiger partial charge in [-0.25, -0.2) is 13.2 Å². The first-order valence-electron chi connectivity index (χ1n) is 9.45. The Kier molecular flexibility index (Phi) is 7.82. The predicted molar refractivity (Wildman–Crippen MR) is 108 cm³/mol. The molecule has 0 radical (unpaired) electrons. The summed E-state index contributed by atoms with van der Waals surface area (Å²) in [5, 5.41) is 1.80. The molecule has 1 atom stereocenters. The van der Waals surface area contributed by atoms with E-state index in [1.807, 2.05) is 13.8 Å². The second-order valence-corrected chi connectivity index (χ2v) is 9.90. The van der Waals surface area contributed by atoms with Gasteiger partial charge in [-0.3, -0.25) is 4.79 Å². The molecule has 2 rings (SSSR count). The van der Waals surface area contributed by atoms with Crippen LogP contribution < -0.4 is 11.1 Å². The number of nitrogens with two attached hydrogens (primary N) is 1. The number of piperazine rings is 1. The van der Waals surface area contributed by atoms with Gasteiger partial charge >= 0.3 is 12.2 Å². The molecule has 0 saturated carbocycles. The Hall–Kier alpha value is -2.05. The second-order valence-electron chi connectivity index (χ2n) is 7.56. The van der Waals surface area contributed by atoms with E-state index in [-0.39, 0.29) is 32.1 Å². The van der Waals surface area contributed by atoms with Crippen LogP contribution in [0.25, 0.3) is 0 Å². The number of nitrogens with one attached hydrogen (secondary N) is 1. The number of amides is 3. The number of rotatable bonds is 6. The third-order valence-corrected chi connectivity index (χ3v) is 6.98. The van der Waals surface area contributed by atoms with E-state index in [4.69, 9.17) is 17.3 Å². The van der Waals surface area contributed by atoms with Gasteiger partial charge in [-0.1, -0.05) is 25.4 Å². The highest BCUT2D eigenvalue weighted by molar-refractivity contribution is 7.89. The van der Waals surface area contributed by atoms with Gasteiger partial charge in [0.2, 0.25) is 15.9 Å². The molecule has 31 heavy (non-hydrogen) atoms. The lowest BCUT2D eigenvalue weighted by Gasteiger charge is -2.36. The van der Waals surface area contributed by atoms with Gasteiger partial charge in [0.1, 0.15) is 6.04 Å². The van der Waals surface area contributed by atoms with Crippen LogP contribution in [-0.2, 0) is 21.0 Å². The molecule has 3 amide bonds. The molecule has 174 valence electrons. The number of halogens is 4. The molecule has 0 aliphatic carbocycles. The van der Waals surface area contributed by atoms with Crippen molar-refractivity contribution < 1.29 is 31.2 Å². The third-order valence-electron chi connectivity index (χ3n) is 4.75. The first-order chi connectivity index (χ1) is 14.2. The minimum Gasteiger partial charge on any atom is -0.352 e. The van der Waals surface area contributed by atoms with Crippen LogP contribution in [0.2, 0.25) is 5.02 Å². The predicted octanol–water partition coefficient (Wildman–Crippen LogP) is 2.27. The topological polar surface area (TPSA) is 113 Å². The van der Waals surface area contributed by atoms with Crippen LogP contribution in [0.15, 0.2) is 23.1 Å². The standard InChI is InChI=1S/C18H24ClF3N4O4S/c1-11(2)9-15(24-17(23)28)16(27)25-5-7-26(8-6-25)31(29,30)12-3-4-14(19)13(10-12)18(20,21)22/h3-4,10-11,15H,5-9H2,1-2H3,(H3,23,24,28). The molecular weight excluding hydrogens is 461 g/mol. The summed E-state index contributed by atoms with van der Waals surface area (Å²) in [7, 11) is -4.22. The highest BCUT2D eigenvalue weighted by Gasteiger charge is 2.37.